The number of methoxy groups -OCH3 is 1. The van der Waals surface area contributed by atoms with E-state index >= 15 is 0 Å². The van der Waals surface area contributed by atoms with Crippen molar-refractivity contribution < 1.29 is 9.53 Å². The molecule has 1 aromatic carbocycles. The zero-order chi connectivity index (χ0) is 15.5. The third-order valence-electron chi connectivity index (χ3n) is 3.16. The van der Waals surface area contributed by atoms with Gasteiger partial charge >= 0.3 is 0 Å². The van der Waals surface area contributed by atoms with Crippen LogP contribution in [0.2, 0.25) is 0 Å². The lowest BCUT2D eigenvalue weighted by molar-refractivity contribution is -0.121. The van der Waals surface area contributed by atoms with Crippen LogP contribution in [0.1, 0.15) is 18.4 Å². The number of benzene rings is 1. The third kappa shape index (κ3) is 7.68. The Hall–Kier alpha value is -1.59. The summed E-state index contributed by atoms with van der Waals surface area (Å²) in [6, 6.07) is 7.71. The van der Waals surface area contributed by atoms with Gasteiger partial charge in [-0.15, -0.1) is 0 Å². The second-order valence-corrected chi connectivity index (χ2v) is 5.25. The molecule has 1 rings (SSSR count). The van der Waals surface area contributed by atoms with E-state index in [4.69, 9.17) is 4.74 Å². The molecule has 0 atom stereocenters. The topological polar surface area (TPSA) is 53.6 Å². The number of carbonyl (C=O) groups excluding carboxylic acids is 1. The lowest BCUT2D eigenvalue weighted by Crippen LogP contribution is -2.28. The second kappa shape index (κ2) is 10.2. The van der Waals surface area contributed by atoms with Crippen molar-refractivity contribution in [2.45, 2.75) is 19.4 Å². The molecule has 1 aromatic rings. The first-order chi connectivity index (χ1) is 10.1. The Morgan fingerprint density at radius 3 is 2.71 bits per heavy atom. The molecule has 21 heavy (non-hydrogen) atoms. The Labute approximate surface area is 127 Å². The Morgan fingerprint density at radius 2 is 2.00 bits per heavy atom. The van der Waals surface area contributed by atoms with Gasteiger partial charge in [-0.1, -0.05) is 18.2 Å². The molecule has 0 aliphatic rings. The average molecular weight is 293 g/mol. The van der Waals surface area contributed by atoms with Crippen LogP contribution in [0.25, 0.3) is 0 Å². The van der Waals surface area contributed by atoms with E-state index in [9.17, 15) is 4.79 Å². The van der Waals surface area contributed by atoms with Crippen molar-refractivity contribution in [1.82, 2.24) is 15.5 Å². The maximum absolute atomic E-state index is 11.8. The van der Waals surface area contributed by atoms with E-state index < -0.39 is 0 Å². The fourth-order valence-electron chi connectivity index (χ4n) is 1.98. The van der Waals surface area contributed by atoms with E-state index in [0.717, 1.165) is 30.8 Å². The largest absolute Gasteiger partial charge is 0.496 e. The van der Waals surface area contributed by atoms with Gasteiger partial charge in [-0.25, -0.2) is 0 Å². The number of para-hydroxylation sites is 1. The minimum absolute atomic E-state index is 0.0565. The number of hydrogen-bond donors (Lipinski definition) is 2. The standard InChI is InChI=1S/C16H27N3O2/c1-19(2)12-6-10-17-11-9-16(20)18-13-14-7-4-5-8-15(14)21-3/h4-5,7-8,17H,6,9-13H2,1-3H3,(H,18,20). The van der Waals surface area contributed by atoms with Crippen molar-refractivity contribution in [3.8, 4) is 5.75 Å². The zero-order valence-corrected chi connectivity index (χ0v) is 13.3. The van der Waals surface area contributed by atoms with E-state index in [1.54, 1.807) is 7.11 Å². The van der Waals surface area contributed by atoms with E-state index in [1.807, 2.05) is 24.3 Å². The molecule has 0 saturated carbocycles. The quantitative estimate of drug-likeness (QED) is 0.637. The van der Waals surface area contributed by atoms with Crippen LogP contribution in [0.4, 0.5) is 0 Å². The van der Waals surface area contributed by atoms with Gasteiger partial charge in [0, 0.05) is 25.1 Å². The highest BCUT2D eigenvalue weighted by Crippen LogP contribution is 2.16. The van der Waals surface area contributed by atoms with Crippen LogP contribution in [0.15, 0.2) is 24.3 Å². The van der Waals surface area contributed by atoms with Crippen LogP contribution in [-0.4, -0.2) is 51.6 Å². The Kier molecular flexibility index (Phi) is 8.47. The molecule has 5 heteroatoms. The van der Waals surface area contributed by atoms with Gasteiger partial charge in [0.25, 0.3) is 0 Å². The molecule has 0 saturated heterocycles. The molecule has 0 aliphatic heterocycles. The predicted molar refractivity (Wildman–Crippen MR) is 85.5 cm³/mol. The molecule has 5 nitrogen and oxygen atoms in total. The van der Waals surface area contributed by atoms with Crippen molar-refractivity contribution in [2.75, 3.05) is 40.8 Å². The monoisotopic (exact) mass is 293 g/mol. The number of amides is 1. The smallest absolute Gasteiger partial charge is 0.221 e. The summed E-state index contributed by atoms with van der Waals surface area (Å²) >= 11 is 0. The van der Waals surface area contributed by atoms with Crippen molar-refractivity contribution in [1.29, 1.82) is 0 Å². The van der Waals surface area contributed by atoms with Crippen molar-refractivity contribution >= 4 is 5.91 Å². The van der Waals surface area contributed by atoms with Gasteiger partial charge in [0.05, 0.1) is 7.11 Å². The van der Waals surface area contributed by atoms with Gasteiger partial charge in [-0.05, 0) is 39.7 Å². The summed E-state index contributed by atoms with van der Waals surface area (Å²) in [5.74, 6) is 0.862. The first-order valence-electron chi connectivity index (χ1n) is 7.37. The van der Waals surface area contributed by atoms with E-state index in [0.29, 0.717) is 19.5 Å². The summed E-state index contributed by atoms with van der Waals surface area (Å²) in [4.78, 5) is 13.9. The van der Waals surface area contributed by atoms with Gasteiger partial charge in [0.1, 0.15) is 5.75 Å². The Balaban J connectivity index is 2.14. The number of hydrogen-bond acceptors (Lipinski definition) is 4. The third-order valence-corrected chi connectivity index (χ3v) is 3.16. The van der Waals surface area contributed by atoms with Crippen molar-refractivity contribution in [3.63, 3.8) is 0 Å². The molecule has 0 fully saturated rings. The van der Waals surface area contributed by atoms with E-state index in [2.05, 4.69) is 29.6 Å². The zero-order valence-electron chi connectivity index (χ0n) is 13.3. The van der Waals surface area contributed by atoms with Crippen LogP contribution < -0.4 is 15.4 Å². The molecule has 118 valence electrons. The average Bonchev–Trinajstić information content (AvgIpc) is 2.48. The molecule has 0 spiro atoms. The summed E-state index contributed by atoms with van der Waals surface area (Å²) in [5.41, 5.74) is 0.993. The molecule has 0 bridgehead atoms. The summed E-state index contributed by atoms with van der Waals surface area (Å²) in [6.45, 7) is 3.22. The van der Waals surface area contributed by atoms with Crippen LogP contribution >= 0.6 is 0 Å². The Bertz CT molecular complexity index is 422. The molecule has 0 heterocycles. The SMILES string of the molecule is COc1ccccc1CNC(=O)CCNCCCN(C)C. The minimum atomic E-state index is 0.0565. The molecule has 0 radical (unpaired) electrons. The fraction of sp³-hybridized carbons (Fsp3) is 0.562. The molecule has 0 unspecified atom stereocenters. The van der Waals surface area contributed by atoms with Gasteiger partial charge in [0.2, 0.25) is 5.91 Å². The lowest BCUT2D eigenvalue weighted by atomic mass is 10.2. The van der Waals surface area contributed by atoms with Gasteiger partial charge < -0.3 is 20.3 Å². The second-order valence-electron chi connectivity index (χ2n) is 5.25. The maximum atomic E-state index is 11.8. The van der Waals surface area contributed by atoms with Crippen molar-refractivity contribution in [3.05, 3.63) is 29.8 Å². The number of nitrogens with one attached hydrogen (secondary N) is 2. The van der Waals surface area contributed by atoms with Crippen LogP contribution in [0, 0.1) is 0 Å². The van der Waals surface area contributed by atoms with Gasteiger partial charge in [0.15, 0.2) is 0 Å². The number of carbonyl (C=O) groups is 1. The van der Waals surface area contributed by atoms with E-state index in [-0.39, 0.29) is 5.91 Å². The van der Waals surface area contributed by atoms with Crippen LogP contribution in [0.3, 0.4) is 0 Å². The molecular formula is C16H27N3O2. The molecule has 0 aromatic heterocycles. The highest BCUT2D eigenvalue weighted by atomic mass is 16.5. The molecule has 1 amide bonds. The highest BCUT2D eigenvalue weighted by molar-refractivity contribution is 5.76. The van der Waals surface area contributed by atoms with E-state index in [1.165, 1.54) is 0 Å². The molecule has 2 N–H and O–H groups in total. The molecular weight excluding hydrogens is 266 g/mol. The van der Waals surface area contributed by atoms with Crippen LogP contribution in [-0.2, 0) is 11.3 Å². The lowest BCUT2D eigenvalue weighted by Gasteiger charge is -2.11. The Morgan fingerprint density at radius 1 is 1.24 bits per heavy atom. The highest BCUT2D eigenvalue weighted by Gasteiger charge is 2.04. The summed E-state index contributed by atoms with van der Waals surface area (Å²) < 4.78 is 5.25. The summed E-state index contributed by atoms with van der Waals surface area (Å²) in [5, 5.41) is 6.20. The van der Waals surface area contributed by atoms with Gasteiger partial charge in [-0.2, -0.15) is 0 Å². The van der Waals surface area contributed by atoms with Crippen molar-refractivity contribution in [2.24, 2.45) is 0 Å². The molecule has 0 aliphatic carbocycles. The van der Waals surface area contributed by atoms with Gasteiger partial charge in [-0.3, -0.25) is 4.79 Å². The normalized spacial score (nSPS) is 10.7. The number of rotatable bonds is 10. The fourth-order valence-corrected chi connectivity index (χ4v) is 1.98. The predicted octanol–water partition coefficient (Wildman–Crippen LogP) is 1.24. The minimum Gasteiger partial charge on any atom is -0.496 e. The van der Waals surface area contributed by atoms with Crippen LogP contribution in [0.5, 0.6) is 5.75 Å². The first kappa shape index (κ1) is 17.5. The summed E-state index contributed by atoms with van der Waals surface area (Å²) in [6.07, 6.45) is 1.59. The first-order valence-corrected chi connectivity index (χ1v) is 7.37. The summed E-state index contributed by atoms with van der Waals surface area (Å²) in [7, 11) is 5.76. The number of ether oxygens (including phenoxy) is 1. The number of nitrogens with zero attached hydrogens (tertiary/aromatic N) is 1. The maximum Gasteiger partial charge on any atom is 0.221 e.